The maximum absolute atomic E-state index is 3.74. The first-order chi connectivity index (χ1) is 3.71. The lowest BCUT2D eigenvalue weighted by Gasteiger charge is -2.28. The highest BCUT2D eigenvalue weighted by Crippen LogP contribution is 2.02. The Morgan fingerprint density at radius 3 is 0.900 bits per heavy atom. The Labute approximate surface area is 73.2 Å². The topological polar surface area (TPSA) is 12.0 Å². The maximum atomic E-state index is 3.74. The smallest absolute Gasteiger partial charge is 0.109 e. The Balaban J connectivity index is 0. The van der Waals surface area contributed by atoms with Gasteiger partial charge in [0.2, 0.25) is 0 Å². The van der Waals surface area contributed by atoms with Gasteiger partial charge in [0.05, 0.1) is 0 Å². The van der Waals surface area contributed by atoms with Gasteiger partial charge in [0, 0.05) is 0 Å². The quantitative estimate of drug-likeness (QED) is 0.672. The zero-order valence-electron chi connectivity index (χ0n) is 7.91. The molecule has 0 amide bonds. The first-order valence-corrected chi connectivity index (χ1v) is 10.5. The van der Waals surface area contributed by atoms with Crippen molar-refractivity contribution in [1.82, 2.24) is 4.65 Å². The molecule has 10 heavy (non-hydrogen) atoms. The third kappa shape index (κ3) is 11.5. The molecule has 1 nitrogen and oxygen atoms in total. The van der Waals surface area contributed by atoms with E-state index in [9.17, 15) is 0 Å². The minimum Gasteiger partial charge on any atom is -0.360 e. The molecule has 0 aromatic heterocycles. The van der Waals surface area contributed by atoms with Crippen LogP contribution in [-0.4, -0.2) is 16.5 Å². The maximum Gasteiger partial charge on any atom is 0.109 e. The van der Waals surface area contributed by atoms with E-state index in [1.165, 1.54) is 0 Å². The van der Waals surface area contributed by atoms with Gasteiger partial charge in [0.25, 0.3) is 0 Å². The Kier molecular flexibility index (Phi) is 5.18. The van der Waals surface area contributed by atoms with Crippen LogP contribution in [0.15, 0.2) is 0 Å². The van der Waals surface area contributed by atoms with Crippen LogP contribution >= 0.6 is 12.4 Å². The molecular weight excluding hydrogens is 178 g/mol. The minimum absolute atomic E-state index is 0. The van der Waals surface area contributed by atoms with Crippen LogP contribution in [0.2, 0.25) is 39.3 Å². The molecule has 4 heteroatoms. The highest BCUT2D eigenvalue weighted by Gasteiger charge is 2.22. The van der Waals surface area contributed by atoms with Gasteiger partial charge in [0.15, 0.2) is 0 Å². The molecule has 0 saturated heterocycles. The van der Waals surface area contributed by atoms with Crippen LogP contribution in [0.25, 0.3) is 0 Å². The first kappa shape index (κ1) is 13.3. The Morgan fingerprint density at radius 2 is 0.900 bits per heavy atom. The molecule has 0 bridgehead atoms. The second kappa shape index (κ2) is 3.90. The van der Waals surface area contributed by atoms with E-state index in [-0.39, 0.29) is 12.4 Å². The van der Waals surface area contributed by atoms with Gasteiger partial charge in [-0.1, -0.05) is 39.3 Å². The largest absolute Gasteiger partial charge is 0.360 e. The van der Waals surface area contributed by atoms with E-state index < -0.39 is 16.5 Å². The zero-order chi connectivity index (χ0) is 7.71. The molecule has 0 aromatic rings. The molecule has 0 atom stereocenters. The van der Waals surface area contributed by atoms with Gasteiger partial charge in [-0.3, -0.25) is 0 Å². The van der Waals surface area contributed by atoms with Crippen molar-refractivity contribution in [2.75, 3.05) is 0 Å². The van der Waals surface area contributed by atoms with Crippen molar-refractivity contribution >= 4 is 28.9 Å². The summed E-state index contributed by atoms with van der Waals surface area (Å²) >= 11 is 0. The van der Waals surface area contributed by atoms with Crippen molar-refractivity contribution in [3.05, 3.63) is 0 Å². The fourth-order valence-corrected chi connectivity index (χ4v) is 10.1. The van der Waals surface area contributed by atoms with Gasteiger partial charge in [-0.2, -0.15) is 0 Å². The van der Waals surface area contributed by atoms with Gasteiger partial charge in [-0.25, -0.2) is 0 Å². The highest BCUT2D eigenvalue weighted by molar-refractivity contribution is 6.90. The molecule has 1 N–H and O–H groups in total. The van der Waals surface area contributed by atoms with E-state index in [1.807, 2.05) is 0 Å². The molecular formula is C6H20ClNSi2. The summed E-state index contributed by atoms with van der Waals surface area (Å²) in [5.41, 5.74) is 0. The van der Waals surface area contributed by atoms with E-state index >= 15 is 0 Å². The van der Waals surface area contributed by atoms with E-state index in [0.717, 1.165) is 0 Å². The van der Waals surface area contributed by atoms with E-state index in [2.05, 4.69) is 43.9 Å². The molecule has 0 heterocycles. The SMILES string of the molecule is C[Si](C)(C)N[Si](C)(C)C.Cl. The summed E-state index contributed by atoms with van der Waals surface area (Å²) in [7, 11) is -1.96. The van der Waals surface area contributed by atoms with Crippen molar-refractivity contribution in [2.45, 2.75) is 39.3 Å². The summed E-state index contributed by atoms with van der Waals surface area (Å²) in [5, 5.41) is 0. The summed E-state index contributed by atoms with van der Waals surface area (Å²) < 4.78 is 3.74. The normalized spacial score (nSPS) is 12.6. The summed E-state index contributed by atoms with van der Waals surface area (Å²) in [6.45, 7) is 14.1. The molecule has 0 aliphatic rings. The third-order valence-corrected chi connectivity index (χ3v) is 6.75. The van der Waals surface area contributed by atoms with E-state index in [4.69, 9.17) is 0 Å². The fraction of sp³-hybridized carbons (Fsp3) is 1.00. The van der Waals surface area contributed by atoms with Crippen molar-refractivity contribution in [1.29, 1.82) is 0 Å². The van der Waals surface area contributed by atoms with Gasteiger partial charge in [-0.05, 0) is 0 Å². The van der Waals surface area contributed by atoms with Crippen molar-refractivity contribution in [3.8, 4) is 0 Å². The third-order valence-electron chi connectivity index (χ3n) is 0.750. The fourth-order valence-electron chi connectivity index (χ4n) is 1.12. The lowest BCUT2D eigenvalue weighted by atomic mass is 11.8. The van der Waals surface area contributed by atoms with E-state index in [1.54, 1.807) is 0 Å². The van der Waals surface area contributed by atoms with Gasteiger partial charge < -0.3 is 4.65 Å². The van der Waals surface area contributed by atoms with Crippen LogP contribution in [0.5, 0.6) is 0 Å². The lowest BCUT2D eigenvalue weighted by Crippen LogP contribution is -2.55. The molecule has 0 radical (unpaired) electrons. The second-order valence-corrected chi connectivity index (χ2v) is 14.6. The lowest BCUT2D eigenvalue weighted by molar-refractivity contribution is 1.30. The molecule has 0 spiro atoms. The second-order valence-electron chi connectivity index (χ2n) is 4.62. The molecule has 0 aliphatic heterocycles. The van der Waals surface area contributed by atoms with Crippen LogP contribution in [-0.2, 0) is 0 Å². The van der Waals surface area contributed by atoms with Crippen molar-refractivity contribution < 1.29 is 0 Å². The monoisotopic (exact) mass is 197 g/mol. The molecule has 0 saturated carbocycles. The summed E-state index contributed by atoms with van der Waals surface area (Å²) in [5.74, 6) is 0. The number of rotatable bonds is 2. The van der Waals surface area contributed by atoms with Gasteiger partial charge in [-0.15, -0.1) is 12.4 Å². The molecule has 0 rings (SSSR count). The summed E-state index contributed by atoms with van der Waals surface area (Å²) in [6.07, 6.45) is 0. The van der Waals surface area contributed by atoms with E-state index in [0.29, 0.717) is 0 Å². The summed E-state index contributed by atoms with van der Waals surface area (Å²) in [6, 6.07) is 0. The van der Waals surface area contributed by atoms with Gasteiger partial charge >= 0.3 is 0 Å². The average Bonchev–Trinajstić information content (AvgIpc) is 1.14. The minimum atomic E-state index is -0.981. The van der Waals surface area contributed by atoms with Crippen LogP contribution in [0.4, 0.5) is 0 Å². The predicted octanol–water partition coefficient (Wildman–Crippen LogP) is 2.67. The Bertz CT molecular complexity index is 80.9. The van der Waals surface area contributed by atoms with Crippen molar-refractivity contribution in [3.63, 3.8) is 0 Å². The number of nitrogens with one attached hydrogen (secondary N) is 1. The highest BCUT2D eigenvalue weighted by atomic mass is 35.5. The summed E-state index contributed by atoms with van der Waals surface area (Å²) in [4.78, 5) is 0. The van der Waals surface area contributed by atoms with Crippen LogP contribution in [0.3, 0.4) is 0 Å². The molecule has 0 aromatic carbocycles. The number of halogens is 1. The molecule has 0 aliphatic carbocycles. The molecule has 0 fully saturated rings. The van der Waals surface area contributed by atoms with Gasteiger partial charge in [0.1, 0.15) is 16.5 Å². The standard InChI is InChI=1S/C6H19NSi2.ClH/c1-8(2,3)7-9(4,5)6;/h7H,1-6H3;1H. The van der Waals surface area contributed by atoms with Crippen LogP contribution < -0.4 is 4.65 Å². The Hall–Kier alpha value is 0.684. The van der Waals surface area contributed by atoms with Crippen LogP contribution in [0.1, 0.15) is 0 Å². The average molecular weight is 198 g/mol. The molecule has 0 unspecified atom stereocenters. The van der Waals surface area contributed by atoms with Crippen molar-refractivity contribution in [2.24, 2.45) is 0 Å². The number of hydrogen-bond donors (Lipinski definition) is 1. The first-order valence-electron chi connectivity index (χ1n) is 3.50. The van der Waals surface area contributed by atoms with Crippen LogP contribution in [0, 0.1) is 0 Å². The number of hydrogen-bond acceptors (Lipinski definition) is 1. The Morgan fingerprint density at radius 1 is 0.700 bits per heavy atom. The molecule has 64 valence electrons. The predicted molar refractivity (Wildman–Crippen MR) is 57.1 cm³/mol. The zero-order valence-corrected chi connectivity index (χ0v) is 10.7.